The molecule has 0 aliphatic carbocycles. The van der Waals surface area contributed by atoms with E-state index >= 15 is 0 Å². The molecule has 0 aliphatic rings. The lowest BCUT2D eigenvalue weighted by molar-refractivity contribution is -0.319. The van der Waals surface area contributed by atoms with Gasteiger partial charge in [0.15, 0.2) is 0 Å². The molecule has 0 unspecified atom stereocenters. The average molecular weight is 171 g/mol. The molecular formula is C10H19O2-. The van der Waals surface area contributed by atoms with E-state index in [-0.39, 0.29) is 0 Å². The van der Waals surface area contributed by atoms with Gasteiger partial charge in [-0.3, -0.25) is 0 Å². The van der Waals surface area contributed by atoms with Crippen molar-refractivity contribution in [2.45, 2.75) is 47.0 Å². The normalized spacial score (nSPS) is 16.1. The van der Waals surface area contributed by atoms with E-state index in [1.54, 1.807) is 6.92 Å². The van der Waals surface area contributed by atoms with Crippen LogP contribution in [0.1, 0.15) is 47.0 Å². The Morgan fingerprint density at radius 1 is 1.50 bits per heavy atom. The van der Waals surface area contributed by atoms with Crippen LogP contribution in [0.3, 0.4) is 0 Å². The number of hydrogen-bond acceptors (Lipinski definition) is 2. The van der Waals surface area contributed by atoms with Crippen molar-refractivity contribution in [2.24, 2.45) is 11.3 Å². The summed E-state index contributed by atoms with van der Waals surface area (Å²) in [6, 6.07) is 0. The van der Waals surface area contributed by atoms with Crippen LogP contribution >= 0.6 is 0 Å². The lowest BCUT2D eigenvalue weighted by atomic mass is 9.81. The van der Waals surface area contributed by atoms with E-state index in [2.05, 4.69) is 13.8 Å². The van der Waals surface area contributed by atoms with E-state index < -0.39 is 11.4 Å². The number of rotatable bonds is 5. The van der Waals surface area contributed by atoms with Crippen LogP contribution in [0.25, 0.3) is 0 Å². The summed E-state index contributed by atoms with van der Waals surface area (Å²) in [5.74, 6) is -0.346. The van der Waals surface area contributed by atoms with E-state index in [1.165, 1.54) is 0 Å². The molecule has 0 radical (unpaired) electrons. The maximum absolute atomic E-state index is 10.8. The monoisotopic (exact) mass is 171 g/mol. The first-order chi connectivity index (χ1) is 5.42. The van der Waals surface area contributed by atoms with Crippen molar-refractivity contribution in [3.05, 3.63) is 0 Å². The van der Waals surface area contributed by atoms with E-state index in [1.807, 2.05) is 6.92 Å². The van der Waals surface area contributed by atoms with Crippen molar-refractivity contribution < 1.29 is 9.90 Å². The van der Waals surface area contributed by atoms with Crippen LogP contribution in [0.2, 0.25) is 0 Å². The fourth-order valence-electron chi connectivity index (χ4n) is 1.03. The molecule has 0 aromatic carbocycles. The summed E-state index contributed by atoms with van der Waals surface area (Å²) in [4.78, 5) is 10.8. The number of carbonyl (C=O) groups is 1. The van der Waals surface area contributed by atoms with Gasteiger partial charge >= 0.3 is 0 Å². The van der Waals surface area contributed by atoms with Gasteiger partial charge in [-0.05, 0) is 18.8 Å². The van der Waals surface area contributed by atoms with Crippen LogP contribution in [0.4, 0.5) is 0 Å². The van der Waals surface area contributed by atoms with Crippen LogP contribution in [0.15, 0.2) is 0 Å². The van der Waals surface area contributed by atoms with E-state index in [0.29, 0.717) is 12.3 Å². The summed E-state index contributed by atoms with van der Waals surface area (Å²) >= 11 is 0. The van der Waals surface area contributed by atoms with Crippen LogP contribution in [0, 0.1) is 11.3 Å². The number of carbonyl (C=O) groups excluding carboxylic acids is 1. The van der Waals surface area contributed by atoms with E-state index in [4.69, 9.17) is 0 Å². The maximum atomic E-state index is 10.8. The van der Waals surface area contributed by atoms with Crippen LogP contribution in [-0.4, -0.2) is 5.97 Å². The highest BCUT2D eigenvalue weighted by Gasteiger charge is 2.23. The van der Waals surface area contributed by atoms with Crippen LogP contribution in [0.5, 0.6) is 0 Å². The van der Waals surface area contributed by atoms with Gasteiger partial charge in [0, 0.05) is 11.4 Å². The van der Waals surface area contributed by atoms with E-state index in [9.17, 15) is 9.90 Å². The minimum absolute atomic E-state index is 0.565. The Morgan fingerprint density at radius 3 is 2.25 bits per heavy atom. The second-order valence-electron chi connectivity index (χ2n) is 4.13. The molecule has 2 heteroatoms. The predicted molar refractivity (Wildman–Crippen MR) is 47.5 cm³/mol. The first-order valence-electron chi connectivity index (χ1n) is 4.64. The smallest absolute Gasteiger partial charge is 0.0473 e. The number of hydrogen-bond donors (Lipinski definition) is 0. The Labute approximate surface area is 75.0 Å². The van der Waals surface area contributed by atoms with Gasteiger partial charge in [-0.25, -0.2) is 0 Å². The lowest BCUT2D eigenvalue weighted by Crippen LogP contribution is -2.39. The van der Waals surface area contributed by atoms with E-state index in [0.717, 1.165) is 12.8 Å². The van der Waals surface area contributed by atoms with Gasteiger partial charge in [-0.1, -0.05) is 34.1 Å². The van der Waals surface area contributed by atoms with Gasteiger partial charge < -0.3 is 9.90 Å². The summed E-state index contributed by atoms with van der Waals surface area (Å²) in [6.07, 6.45) is 2.34. The Kier molecular flexibility index (Phi) is 4.29. The highest BCUT2D eigenvalue weighted by Crippen LogP contribution is 2.28. The Morgan fingerprint density at radius 2 is 2.00 bits per heavy atom. The topological polar surface area (TPSA) is 40.1 Å². The van der Waals surface area contributed by atoms with Crippen molar-refractivity contribution in [1.29, 1.82) is 0 Å². The summed E-state index contributed by atoms with van der Waals surface area (Å²) in [7, 11) is 0. The van der Waals surface area contributed by atoms with Crippen molar-refractivity contribution in [2.75, 3.05) is 0 Å². The minimum Gasteiger partial charge on any atom is -0.550 e. The average Bonchev–Trinajstić information content (AvgIpc) is 1.99. The van der Waals surface area contributed by atoms with Gasteiger partial charge in [0.25, 0.3) is 0 Å². The molecule has 0 saturated carbocycles. The third-order valence-electron chi connectivity index (χ3n) is 2.55. The van der Waals surface area contributed by atoms with Crippen molar-refractivity contribution in [1.82, 2.24) is 0 Å². The third-order valence-corrected chi connectivity index (χ3v) is 2.55. The quantitative estimate of drug-likeness (QED) is 0.630. The summed E-state index contributed by atoms with van der Waals surface area (Å²) < 4.78 is 0. The maximum Gasteiger partial charge on any atom is 0.0473 e. The van der Waals surface area contributed by atoms with Crippen LogP contribution < -0.4 is 5.11 Å². The fraction of sp³-hybridized carbons (Fsp3) is 0.900. The molecule has 0 heterocycles. The predicted octanol–water partition coefficient (Wildman–Crippen LogP) is 1.59. The summed E-state index contributed by atoms with van der Waals surface area (Å²) in [5.41, 5.74) is -0.621. The Balaban J connectivity index is 4.06. The fourth-order valence-corrected chi connectivity index (χ4v) is 1.03. The SMILES string of the molecule is CC[C@](C)(CCC(C)C)C(=O)[O-]. The summed E-state index contributed by atoms with van der Waals surface area (Å²) in [6.45, 7) is 7.87. The molecule has 0 bridgehead atoms. The second-order valence-corrected chi connectivity index (χ2v) is 4.13. The zero-order valence-electron chi connectivity index (χ0n) is 8.52. The van der Waals surface area contributed by atoms with Gasteiger partial charge in [0.05, 0.1) is 0 Å². The molecule has 0 aliphatic heterocycles. The molecule has 0 rings (SSSR count). The largest absolute Gasteiger partial charge is 0.550 e. The molecule has 12 heavy (non-hydrogen) atoms. The van der Waals surface area contributed by atoms with Crippen molar-refractivity contribution in [3.8, 4) is 0 Å². The van der Waals surface area contributed by atoms with Gasteiger partial charge in [-0.15, -0.1) is 0 Å². The lowest BCUT2D eigenvalue weighted by Gasteiger charge is -2.29. The molecule has 0 amide bonds. The number of carboxylic acid groups (broad SMARTS) is 1. The van der Waals surface area contributed by atoms with Gasteiger partial charge in [0.1, 0.15) is 0 Å². The molecule has 0 aromatic heterocycles. The second kappa shape index (κ2) is 4.48. The van der Waals surface area contributed by atoms with Crippen molar-refractivity contribution >= 4 is 5.97 Å². The van der Waals surface area contributed by atoms with Gasteiger partial charge in [-0.2, -0.15) is 0 Å². The molecular weight excluding hydrogens is 152 g/mol. The third kappa shape index (κ3) is 3.24. The summed E-state index contributed by atoms with van der Waals surface area (Å²) in [5, 5.41) is 10.8. The zero-order chi connectivity index (χ0) is 9.78. The Bertz CT molecular complexity index is 152. The van der Waals surface area contributed by atoms with Crippen LogP contribution in [-0.2, 0) is 4.79 Å². The first kappa shape index (κ1) is 11.5. The standard InChI is InChI=1S/C10H20O2/c1-5-10(4,9(11)12)7-6-8(2)3/h8H,5-7H2,1-4H3,(H,11,12)/p-1/t10-/m1/s1. The molecule has 0 N–H and O–H groups in total. The zero-order valence-corrected chi connectivity index (χ0v) is 8.52. The molecule has 0 spiro atoms. The molecule has 2 nitrogen and oxygen atoms in total. The highest BCUT2D eigenvalue weighted by atomic mass is 16.4. The molecule has 1 atom stereocenters. The molecule has 0 aromatic rings. The molecule has 0 fully saturated rings. The number of aliphatic carboxylic acids is 1. The first-order valence-corrected chi connectivity index (χ1v) is 4.64. The minimum atomic E-state index is -0.911. The molecule has 72 valence electrons. The Hall–Kier alpha value is -0.530. The van der Waals surface area contributed by atoms with Crippen molar-refractivity contribution in [3.63, 3.8) is 0 Å². The van der Waals surface area contributed by atoms with Gasteiger partial charge in [0.2, 0.25) is 0 Å². The molecule has 0 saturated heterocycles. The highest BCUT2D eigenvalue weighted by molar-refractivity contribution is 5.71. The number of carboxylic acids is 1.